The van der Waals surface area contributed by atoms with Crippen LogP contribution >= 0.6 is 0 Å². The van der Waals surface area contributed by atoms with Crippen LogP contribution in [0.2, 0.25) is 0 Å². The molecule has 0 spiro atoms. The third-order valence-electron chi connectivity index (χ3n) is 15.4. The molecule has 0 aliphatic carbocycles. The molecule has 0 atom stereocenters. The summed E-state index contributed by atoms with van der Waals surface area (Å²) in [6, 6.07) is 93.2. The number of nitrogens with zero attached hydrogens (tertiary/aromatic N) is 7. The maximum Gasteiger partial charge on any atom is 0.240 e. The topological polar surface area (TPSA) is 58.4 Å². The van der Waals surface area contributed by atoms with E-state index in [0.717, 1.165) is 105 Å². The summed E-state index contributed by atoms with van der Waals surface area (Å²) in [6.45, 7) is 0. The molecule has 0 aliphatic heterocycles. The van der Waals surface area contributed by atoms with Gasteiger partial charge in [0, 0.05) is 60.0 Å². The third kappa shape index (κ3) is 6.26. The SMILES string of the molecule is c1ccc(-c2cc(-c3ccccc3)cc(-c3nc(-n4c5ccccc5c5c4ccc4c6ccccc6n(-c6ccccc6)c45)nc(-n4c5ccccc5c5c4ccc4c6ccccc6n(-c6ccccc6)c45)n3)c2)cc1. The zero-order valence-corrected chi connectivity index (χ0v) is 41.0. The van der Waals surface area contributed by atoms with Crippen molar-refractivity contribution in [2.24, 2.45) is 0 Å². The van der Waals surface area contributed by atoms with Gasteiger partial charge in [-0.1, -0.05) is 182 Å². The van der Waals surface area contributed by atoms with Gasteiger partial charge in [-0.3, -0.25) is 9.13 Å². The normalized spacial score (nSPS) is 11.9. The Morgan fingerprint density at radius 1 is 0.224 bits per heavy atom. The van der Waals surface area contributed by atoms with E-state index < -0.39 is 0 Å². The average Bonchev–Trinajstić information content (AvgIpc) is 4.33. The van der Waals surface area contributed by atoms with Crippen molar-refractivity contribution in [3.63, 3.8) is 0 Å². The smallest absolute Gasteiger partial charge is 0.240 e. The molecular formula is C69H43N7. The molecule has 11 aromatic carbocycles. The number of fused-ring (bicyclic) bond motifs is 14. The molecule has 7 nitrogen and oxygen atoms in total. The summed E-state index contributed by atoms with van der Waals surface area (Å²) < 4.78 is 9.35. The fraction of sp³-hybridized carbons (Fsp3) is 0. The monoisotopic (exact) mass is 969 g/mol. The minimum atomic E-state index is 0.518. The van der Waals surface area contributed by atoms with Crippen molar-refractivity contribution < 1.29 is 0 Å². The van der Waals surface area contributed by atoms with E-state index >= 15 is 0 Å². The molecule has 0 radical (unpaired) electrons. The van der Waals surface area contributed by atoms with E-state index in [1.807, 2.05) is 0 Å². The van der Waals surface area contributed by atoms with Gasteiger partial charge in [0.1, 0.15) is 0 Å². The first-order valence-corrected chi connectivity index (χ1v) is 25.8. The van der Waals surface area contributed by atoms with E-state index in [9.17, 15) is 0 Å². The predicted octanol–water partition coefficient (Wildman–Crippen LogP) is 17.3. The number of rotatable bonds is 7. The van der Waals surface area contributed by atoms with Gasteiger partial charge in [-0.15, -0.1) is 0 Å². The number of hydrogen-bond donors (Lipinski definition) is 0. The highest BCUT2D eigenvalue weighted by Crippen LogP contribution is 2.45. The van der Waals surface area contributed by atoms with Crippen molar-refractivity contribution in [3.05, 3.63) is 261 Å². The van der Waals surface area contributed by atoms with Gasteiger partial charge >= 0.3 is 0 Å². The number of benzene rings is 11. The summed E-state index contributed by atoms with van der Waals surface area (Å²) in [5.41, 5.74) is 16.0. The highest BCUT2D eigenvalue weighted by molar-refractivity contribution is 6.27. The maximum atomic E-state index is 5.70. The average molecular weight is 970 g/mol. The highest BCUT2D eigenvalue weighted by Gasteiger charge is 2.26. The van der Waals surface area contributed by atoms with Crippen LogP contribution in [0, 0.1) is 0 Å². The Balaban J connectivity index is 1.04. The highest BCUT2D eigenvalue weighted by atomic mass is 15.3. The molecule has 0 N–H and O–H groups in total. The van der Waals surface area contributed by atoms with Crippen molar-refractivity contribution in [1.82, 2.24) is 33.2 Å². The van der Waals surface area contributed by atoms with Crippen molar-refractivity contribution in [3.8, 4) is 56.9 Å². The Bertz CT molecular complexity index is 4660. The molecular weight excluding hydrogens is 927 g/mol. The molecule has 0 saturated heterocycles. The summed E-state index contributed by atoms with van der Waals surface area (Å²) in [5.74, 6) is 1.60. The van der Waals surface area contributed by atoms with Gasteiger partial charge in [0.2, 0.25) is 11.9 Å². The molecule has 76 heavy (non-hydrogen) atoms. The summed E-state index contributed by atoms with van der Waals surface area (Å²) in [5, 5.41) is 9.23. The van der Waals surface area contributed by atoms with E-state index in [0.29, 0.717) is 17.7 Å². The van der Waals surface area contributed by atoms with Gasteiger partial charge in [0.25, 0.3) is 0 Å². The van der Waals surface area contributed by atoms with E-state index in [-0.39, 0.29) is 0 Å². The van der Waals surface area contributed by atoms with E-state index in [1.54, 1.807) is 0 Å². The number of para-hydroxylation sites is 6. The number of hydrogen-bond acceptors (Lipinski definition) is 3. The van der Waals surface area contributed by atoms with Gasteiger partial charge < -0.3 is 9.13 Å². The Labute approximate surface area is 436 Å². The minimum Gasteiger partial charge on any atom is -0.309 e. The van der Waals surface area contributed by atoms with Crippen molar-refractivity contribution in [2.45, 2.75) is 0 Å². The largest absolute Gasteiger partial charge is 0.309 e. The quantitative estimate of drug-likeness (QED) is 0.160. The van der Waals surface area contributed by atoms with Crippen LogP contribution in [0.15, 0.2) is 261 Å². The number of aromatic nitrogens is 7. The molecule has 0 amide bonds. The zero-order chi connectivity index (χ0) is 49.8. The van der Waals surface area contributed by atoms with Gasteiger partial charge in [-0.25, -0.2) is 0 Å². The van der Waals surface area contributed by atoms with Crippen LogP contribution in [0.25, 0.3) is 144 Å². The summed E-state index contributed by atoms with van der Waals surface area (Å²) >= 11 is 0. The summed E-state index contributed by atoms with van der Waals surface area (Å²) in [6.07, 6.45) is 0. The molecule has 0 bridgehead atoms. The second-order valence-electron chi connectivity index (χ2n) is 19.6. The first-order chi connectivity index (χ1) is 37.7. The molecule has 0 aliphatic rings. The molecule has 16 rings (SSSR count). The first-order valence-electron chi connectivity index (χ1n) is 25.8. The van der Waals surface area contributed by atoms with Crippen LogP contribution in [-0.2, 0) is 0 Å². The minimum absolute atomic E-state index is 0.518. The Hall–Kier alpha value is -10.4. The van der Waals surface area contributed by atoms with Crippen LogP contribution in [0.1, 0.15) is 0 Å². The predicted molar refractivity (Wildman–Crippen MR) is 313 cm³/mol. The van der Waals surface area contributed by atoms with Crippen LogP contribution in [0.3, 0.4) is 0 Å². The molecule has 0 saturated carbocycles. The molecule has 16 aromatic rings. The first kappa shape index (κ1) is 42.2. The van der Waals surface area contributed by atoms with E-state index in [2.05, 4.69) is 279 Å². The molecule has 7 heteroatoms. The van der Waals surface area contributed by atoms with Gasteiger partial charge in [0.15, 0.2) is 5.82 Å². The molecule has 0 unspecified atom stereocenters. The van der Waals surface area contributed by atoms with Crippen LogP contribution < -0.4 is 0 Å². The lowest BCUT2D eigenvalue weighted by atomic mass is 9.96. The fourth-order valence-corrected chi connectivity index (χ4v) is 12.2. The van der Waals surface area contributed by atoms with E-state index in [1.165, 1.54) is 21.5 Å². The van der Waals surface area contributed by atoms with Gasteiger partial charge in [0.05, 0.1) is 44.1 Å². The van der Waals surface area contributed by atoms with Crippen LogP contribution in [-0.4, -0.2) is 33.2 Å². The Morgan fingerprint density at radius 3 is 0.987 bits per heavy atom. The lowest BCUT2D eigenvalue weighted by molar-refractivity contribution is 0.893. The van der Waals surface area contributed by atoms with Gasteiger partial charge in [-0.2, -0.15) is 15.0 Å². The molecule has 354 valence electrons. The lowest BCUT2D eigenvalue weighted by Crippen LogP contribution is -2.10. The van der Waals surface area contributed by atoms with Crippen molar-refractivity contribution >= 4 is 87.2 Å². The Morgan fingerprint density at radius 2 is 0.566 bits per heavy atom. The van der Waals surface area contributed by atoms with Crippen molar-refractivity contribution in [1.29, 1.82) is 0 Å². The molecule has 0 fully saturated rings. The second kappa shape index (κ2) is 16.6. The zero-order valence-electron chi connectivity index (χ0n) is 41.0. The summed E-state index contributed by atoms with van der Waals surface area (Å²) in [4.78, 5) is 17.0. The lowest BCUT2D eigenvalue weighted by Gasteiger charge is -2.14. The third-order valence-corrected chi connectivity index (χ3v) is 15.4. The fourth-order valence-electron chi connectivity index (χ4n) is 12.2. The van der Waals surface area contributed by atoms with Crippen molar-refractivity contribution in [2.75, 3.05) is 0 Å². The van der Waals surface area contributed by atoms with Crippen LogP contribution in [0.4, 0.5) is 0 Å². The Kier molecular flexibility index (Phi) is 9.20. The summed E-state index contributed by atoms with van der Waals surface area (Å²) in [7, 11) is 0. The molecule has 5 aromatic heterocycles. The standard InChI is InChI=1S/C69H43N7/c1-5-21-44(22-6-1)46-41-47(45-23-7-2-8-24-45)43-48(42-46)67-70-68(75-59-35-19-15-31-55(59)63-61(75)39-37-53-51-29-13-17-33-57(51)73(65(53)63)49-25-9-3-10-26-49)72-69(71-67)76-60-36-20-16-32-56(60)64-62(76)40-38-54-52-30-14-18-34-58(52)74(66(54)64)50-27-11-4-12-28-50/h1-43H. The van der Waals surface area contributed by atoms with E-state index in [4.69, 9.17) is 15.0 Å². The second-order valence-corrected chi connectivity index (χ2v) is 19.6. The van der Waals surface area contributed by atoms with Gasteiger partial charge in [-0.05, 0) is 101 Å². The maximum absolute atomic E-state index is 5.70. The van der Waals surface area contributed by atoms with Crippen LogP contribution in [0.5, 0.6) is 0 Å². The molecule has 5 heterocycles.